The smallest absolute Gasteiger partial charge is 0.254 e. The first kappa shape index (κ1) is 28.1. The molecule has 0 spiro atoms. The normalized spacial score (nSPS) is 15.2. The molecule has 0 bridgehead atoms. The Morgan fingerprint density at radius 3 is 2.49 bits per heavy atom. The molecule has 1 aliphatic heterocycles. The number of hydrogen-bond acceptors (Lipinski definition) is 4. The molecule has 7 heteroatoms. The molecule has 0 aromatic heterocycles. The Hall–Kier alpha value is -4.44. The highest BCUT2D eigenvalue weighted by molar-refractivity contribution is 6.30. The van der Waals surface area contributed by atoms with Crippen LogP contribution < -0.4 is 5.32 Å². The second kappa shape index (κ2) is 12.8. The van der Waals surface area contributed by atoms with Crippen molar-refractivity contribution in [1.82, 2.24) is 10.2 Å². The van der Waals surface area contributed by atoms with Crippen LogP contribution in [0.3, 0.4) is 0 Å². The van der Waals surface area contributed by atoms with Gasteiger partial charge >= 0.3 is 0 Å². The van der Waals surface area contributed by atoms with Crippen LogP contribution in [-0.4, -0.2) is 41.0 Å². The lowest BCUT2D eigenvalue weighted by Gasteiger charge is -2.26. The van der Waals surface area contributed by atoms with E-state index in [-0.39, 0.29) is 24.1 Å². The van der Waals surface area contributed by atoms with Gasteiger partial charge in [0.05, 0.1) is 30.3 Å². The minimum atomic E-state index is -0.509. The molecule has 0 saturated carbocycles. The number of aliphatic hydroxyl groups is 1. The zero-order valence-electron chi connectivity index (χ0n) is 22.5. The highest BCUT2D eigenvalue weighted by Crippen LogP contribution is 2.35. The molecule has 2 amide bonds. The van der Waals surface area contributed by atoms with Gasteiger partial charge in [-0.3, -0.25) is 9.59 Å². The predicted molar refractivity (Wildman–Crippen MR) is 160 cm³/mol. The lowest BCUT2D eigenvalue weighted by atomic mass is 9.95. The molecule has 6 nitrogen and oxygen atoms in total. The van der Waals surface area contributed by atoms with Crippen molar-refractivity contribution >= 4 is 23.4 Å². The van der Waals surface area contributed by atoms with Crippen LogP contribution in [0.15, 0.2) is 97.1 Å². The summed E-state index contributed by atoms with van der Waals surface area (Å²) in [5.74, 6) is -0.598. The Morgan fingerprint density at radius 1 is 0.976 bits per heavy atom. The number of nitriles is 1. The molecule has 1 unspecified atom stereocenters. The van der Waals surface area contributed by atoms with Crippen molar-refractivity contribution in [2.45, 2.75) is 31.3 Å². The minimum Gasteiger partial charge on any atom is -0.394 e. The van der Waals surface area contributed by atoms with Crippen LogP contribution in [-0.2, 0) is 6.42 Å². The monoisotopic (exact) mass is 563 g/mol. The quantitative estimate of drug-likeness (QED) is 0.267. The van der Waals surface area contributed by atoms with Gasteiger partial charge in [-0.15, -0.1) is 0 Å². The summed E-state index contributed by atoms with van der Waals surface area (Å²) in [5.41, 5.74) is 4.27. The number of carbonyl (C=O) groups is 2. The van der Waals surface area contributed by atoms with Crippen LogP contribution in [0.5, 0.6) is 0 Å². The molecular formula is C34H30ClN3O3. The molecular weight excluding hydrogens is 534 g/mol. The van der Waals surface area contributed by atoms with Crippen molar-refractivity contribution in [2.24, 2.45) is 0 Å². The average molecular weight is 564 g/mol. The third kappa shape index (κ3) is 6.49. The minimum absolute atomic E-state index is 0.127. The van der Waals surface area contributed by atoms with Crippen LogP contribution >= 0.6 is 11.6 Å². The average Bonchev–Trinajstić information content (AvgIpc) is 3.51. The van der Waals surface area contributed by atoms with Gasteiger partial charge in [0.1, 0.15) is 0 Å². The summed E-state index contributed by atoms with van der Waals surface area (Å²) < 4.78 is 0. The Balaban J connectivity index is 1.50. The first-order chi connectivity index (χ1) is 20.0. The van der Waals surface area contributed by atoms with Gasteiger partial charge in [-0.1, -0.05) is 72.3 Å². The number of nitrogens with one attached hydrogen (secondary N) is 1. The van der Waals surface area contributed by atoms with E-state index in [0.717, 1.165) is 24.0 Å². The van der Waals surface area contributed by atoms with E-state index < -0.39 is 11.9 Å². The first-order valence-electron chi connectivity index (χ1n) is 13.6. The van der Waals surface area contributed by atoms with Crippen LogP contribution in [0.25, 0.3) is 11.1 Å². The van der Waals surface area contributed by atoms with Gasteiger partial charge in [0.15, 0.2) is 0 Å². The van der Waals surface area contributed by atoms with E-state index in [1.54, 1.807) is 36.4 Å². The van der Waals surface area contributed by atoms with Crippen LogP contribution in [0, 0.1) is 11.3 Å². The van der Waals surface area contributed by atoms with Crippen molar-refractivity contribution in [3.05, 3.63) is 130 Å². The number of hydrogen-bond donors (Lipinski definition) is 2. The zero-order chi connectivity index (χ0) is 28.8. The van der Waals surface area contributed by atoms with Crippen LogP contribution in [0.4, 0.5) is 0 Å². The molecule has 4 aromatic rings. The van der Waals surface area contributed by atoms with Crippen molar-refractivity contribution in [1.29, 1.82) is 5.26 Å². The van der Waals surface area contributed by atoms with Gasteiger partial charge in [0.2, 0.25) is 0 Å². The molecule has 1 fully saturated rings. The van der Waals surface area contributed by atoms with Gasteiger partial charge in [-0.2, -0.15) is 5.26 Å². The summed E-state index contributed by atoms with van der Waals surface area (Å²) in [4.78, 5) is 29.4. The summed E-state index contributed by atoms with van der Waals surface area (Å²) in [7, 11) is 0. The molecule has 0 radical (unpaired) electrons. The number of carbonyl (C=O) groups excluding carboxylic acids is 2. The summed E-state index contributed by atoms with van der Waals surface area (Å²) in [6.45, 7) is 0.346. The molecule has 1 aliphatic rings. The van der Waals surface area contributed by atoms with Gasteiger partial charge in [0.25, 0.3) is 11.8 Å². The summed E-state index contributed by atoms with van der Waals surface area (Å²) >= 11 is 6.25. The van der Waals surface area contributed by atoms with Crippen molar-refractivity contribution in [2.75, 3.05) is 13.2 Å². The highest BCUT2D eigenvalue weighted by Gasteiger charge is 2.31. The number of amides is 2. The van der Waals surface area contributed by atoms with Crippen LogP contribution in [0.2, 0.25) is 5.02 Å². The fraction of sp³-hybridized carbons (Fsp3) is 0.206. The fourth-order valence-corrected chi connectivity index (χ4v) is 5.63. The highest BCUT2D eigenvalue weighted by atomic mass is 35.5. The molecule has 1 saturated heterocycles. The molecule has 1 heterocycles. The van der Waals surface area contributed by atoms with E-state index in [2.05, 4.69) is 11.4 Å². The summed E-state index contributed by atoms with van der Waals surface area (Å²) in [5, 5.41) is 23.3. The molecule has 5 rings (SSSR count). The molecule has 2 atom stereocenters. The largest absolute Gasteiger partial charge is 0.394 e. The Morgan fingerprint density at radius 2 is 1.73 bits per heavy atom. The van der Waals surface area contributed by atoms with Gasteiger partial charge in [0, 0.05) is 22.7 Å². The molecule has 41 heavy (non-hydrogen) atoms. The molecule has 206 valence electrons. The van der Waals surface area contributed by atoms with Crippen molar-refractivity contribution in [3.8, 4) is 17.2 Å². The summed E-state index contributed by atoms with van der Waals surface area (Å²) in [6.07, 6.45) is 2.12. The van der Waals surface area contributed by atoms with E-state index in [1.165, 1.54) is 0 Å². The Labute approximate surface area is 244 Å². The second-order valence-corrected chi connectivity index (χ2v) is 10.6. The van der Waals surface area contributed by atoms with E-state index >= 15 is 0 Å². The predicted octanol–water partition coefficient (Wildman–Crippen LogP) is 6.19. The number of likely N-dealkylation sites (tertiary alicyclic amines) is 1. The van der Waals surface area contributed by atoms with E-state index in [0.29, 0.717) is 40.2 Å². The van der Waals surface area contributed by atoms with Crippen molar-refractivity contribution in [3.63, 3.8) is 0 Å². The zero-order valence-corrected chi connectivity index (χ0v) is 23.2. The topological polar surface area (TPSA) is 93.4 Å². The van der Waals surface area contributed by atoms with Crippen LogP contribution in [0.1, 0.15) is 56.3 Å². The van der Waals surface area contributed by atoms with Gasteiger partial charge in [-0.25, -0.2) is 0 Å². The standard InChI is InChI=1S/C34H30ClN3O3/c35-29-12-6-11-24(20-29)32-14-7-15-38(32)34(41)28-18-26(31-13-5-4-10-25(31)21-36)17-27(19-28)33(40)37-30(22-39)16-23-8-2-1-3-9-23/h1-6,8-13,17-20,30,32,39H,7,14-16,22H2,(H,37,40)/t30-,32?/m0/s1. The molecule has 0 aliphatic carbocycles. The summed E-state index contributed by atoms with van der Waals surface area (Å²) in [6, 6.07) is 30.9. The van der Waals surface area contributed by atoms with E-state index in [9.17, 15) is 20.0 Å². The van der Waals surface area contributed by atoms with E-state index in [1.807, 2.05) is 65.6 Å². The lowest BCUT2D eigenvalue weighted by molar-refractivity contribution is 0.0735. The number of nitrogens with zero attached hydrogens (tertiary/aromatic N) is 2. The van der Waals surface area contributed by atoms with Crippen molar-refractivity contribution < 1.29 is 14.7 Å². The third-order valence-corrected chi connectivity index (χ3v) is 7.66. The van der Waals surface area contributed by atoms with Gasteiger partial charge < -0.3 is 15.3 Å². The molecule has 4 aromatic carbocycles. The Bertz CT molecular complexity index is 1600. The maximum absolute atomic E-state index is 14.0. The van der Waals surface area contributed by atoms with E-state index in [4.69, 9.17) is 11.6 Å². The van der Waals surface area contributed by atoms with Gasteiger partial charge in [-0.05, 0) is 77.9 Å². The number of rotatable bonds is 8. The Kier molecular flexibility index (Phi) is 8.79. The number of benzene rings is 4. The fourth-order valence-electron chi connectivity index (χ4n) is 5.43. The first-order valence-corrected chi connectivity index (χ1v) is 14.0. The SMILES string of the molecule is N#Cc1ccccc1-c1cc(C(=O)N[C@H](CO)Cc2ccccc2)cc(C(=O)N2CCCC2c2cccc(Cl)c2)c1. The maximum atomic E-state index is 14.0. The number of halogens is 1. The molecule has 2 N–H and O–H groups in total. The maximum Gasteiger partial charge on any atom is 0.254 e. The number of aliphatic hydroxyl groups excluding tert-OH is 1. The third-order valence-electron chi connectivity index (χ3n) is 7.43. The second-order valence-electron chi connectivity index (χ2n) is 10.2. The lowest BCUT2D eigenvalue weighted by Crippen LogP contribution is -2.39.